The van der Waals surface area contributed by atoms with E-state index < -0.39 is 5.97 Å². The third-order valence-electron chi connectivity index (χ3n) is 8.69. The average molecular weight is 389 g/mol. The van der Waals surface area contributed by atoms with E-state index in [0.717, 1.165) is 44.9 Å². The first-order chi connectivity index (χ1) is 13.2. The van der Waals surface area contributed by atoms with Crippen LogP contribution in [0.15, 0.2) is 11.6 Å². The number of hydrogen-bond acceptors (Lipinski definition) is 4. The molecular formula is C23H32O5. The monoisotopic (exact) mass is 388 g/mol. The van der Waals surface area contributed by atoms with Gasteiger partial charge < -0.3 is 9.84 Å². The maximum atomic E-state index is 12.1. The van der Waals surface area contributed by atoms with Crippen LogP contribution in [0.3, 0.4) is 0 Å². The van der Waals surface area contributed by atoms with Crippen molar-refractivity contribution in [3.63, 3.8) is 0 Å². The smallest absolute Gasteiger partial charge is 0.306 e. The number of fused-ring (bicyclic) bond motifs is 5. The fourth-order valence-electron chi connectivity index (χ4n) is 7.13. The van der Waals surface area contributed by atoms with Crippen molar-refractivity contribution in [3.8, 4) is 0 Å². The minimum absolute atomic E-state index is 0.00210. The lowest BCUT2D eigenvalue weighted by molar-refractivity contribution is -0.161. The van der Waals surface area contributed by atoms with Crippen LogP contribution in [0.1, 0.15) is 78.1 Å². The van der Waals surface area contributed by atoms with Crippen molar-refractivity contribution < 1.29 is 24.2 Å². The highest BCUT2D eigenvalue weighted by Crippen LogP contribution is 2.65. The summed E-state index contributed by atoms with van der Waals surface area (Å²) in [7, 11) is 0. The Morgan fingerprint density at radius 2 is 1.86 bits per heavy atom. The van der Waals surface area contributed by atoms with Crippen LogP contribution >= 0.6 is 0 Å². The lowest BCUT2D eigenvalue weighted by atomic mass is 9.47. The topological polar surface area (TPSA) is 80.7 Å². The van der Waals surface area contributed by atoms with Crippen LogP contribution in [0.5, 0.6) is 0 Å². The molecule has 154 valence electrons. The molecule has 3 fully saturated rings. The van der Waals surface area contributed by atoms with Gasteiger partial charge in [0.25, 0.3) is 0 Å². The van der Waals surface area contributed by atoms with Gasteiger partial charge in [0.1, 0.15) is 6.10 Å². The molecule has 0 saturated heterocycles. The lowest BCUT2D eigenvalue weighted by Crippen LogP contribution is -2.51. The number of carbonyl (C=O) groups is 3. The third-order valence-corrected chi connectivity index (χ3v) is 8.69. The number of aliphatic carboxylic acids is 1. The molecule has 4 unspecified atom stereocenters. The molecule has 4 rings (SSSR count). The van der Waals surface area contributed by atoms with Gasteiger partial charge in [-0.2, -0.15) is 0 Å². The second kappa shape index (κ2) is 7.00. The highest BCUT2D eigenvalue weighted by Gasteiger charge is 2.59. The SMILES string of the molecule is C[C@]12CCC3C(CCC4=CC(=O)CC[C@@]43C)C1CCC2OC(=O)CCC(=O)O. The molecule has 28 heavy (non-hydrogen) atoms. The lowest BCUT2D eigenvalue weighted by Gasteiger charge is -2.57. The second-order valence-corrected chi connectivity index (χ2v) is 9.96. The number of carboxylic acids is 1. The average Bonchev–Trinajstić information content (AvgIpc) is 2.97. The van der Waals surface area contributed by atoms with Crippen LogP contribution in [-0.4, -0.2) is 28.9 Å². The Balaban J connectivity index is 1.49. The number of carbonyl (C=O) groups excluding carboxylic acids is 2. The van der Waals surface area contributed by atoms with E-state index >= 15 is 0 Å². The standard InChI is InChI=1S/C23H32O5/c1-22-11-9-15(24)13-14(22)3-4-16-17-5-6-19(23(17,2)12-10-18(16)22)28-21(27)8-7-20(25)26/h13,16-19H,3-12H2,1-2H3,(H,25,26)/t16?,17?,18?,19?,22-,23-/m0/s1. The Morgan fingerprint density at radius 1 is 1.07 bits per heavy atom. The molecule has 4 aliphatic rings. The summed E-state index contributed by atoms with van der Waals surface area (Å²) >= 11 is 0. The Kier molecular flexibility index (Phi) is 4.91. The fourth-order valence-corrected chi connectivity index (χ4v) is 7.13. The van der Waals surface area contributed by atoms with Crippen molar-refractivity contribution in [2.24, 2.45) is 28.6 Å². The summed E-state index contributed by atoms with van der Waals surface area (Å²) in [6.07, 6.45) is 9.62. The fraction of sp³-hybridized carbons (Fsp3) is 0.783. The first-order valence-corrected chi connectivity index (χ1v) is 10.9. The van der Waals surface area contributed by atoms with E-state index in [1.807, 2.05) is 6.08 Å². The number of allylic oxidation sites excluding steroid dienone is 1. The van der Waals surface area contributed by atoms with Gasteiger partial charge in [-0.05, 0) is 74.2 Å². The van der Waals surface area contributed by atoms with Gasteiger partial charge in [-0.25, -0.2) is 0 Å². The first kappa shape index (κ1) is 19.7. The molecule has 0 radical (unpaired) electrons. The highest BCUT2D eigenvalue weighted by atomic mass is 16.5. The molecule has 0 aliphatic heterocycles. The van der Waals surface area contributed by atoms with E-state index in [9.17, 15) is 14.4 Å². The molecular weight excluding hydrogens is 356 g/mol. The number of ether oxygens (including phenoxy) is 1. The Labute approximate surface area is 166 Å². The predicted molar refractivity (Wildman–Crippen MR) is 103 cm³/mol. The molecule has 0 aromatic rings. The molecule has 5 nitrogen and oxygen atoms in total. The van der Waals surface area contributed by atoms with E-state index in [1.54, 1.807) is 0 Å². The van der Waals surface area contributed by atoms with Crippen LogP contribution in [0.4, 0.5) is 0 Å². The highest BCUT2D eigenvalue weighted by molar-refractivity contribution is 5.91. The summed E-state index contributed by atoms with van der Waals surface area (Å²) in [5.74, 6) is 0.776. The number of hydrogen-bond donors (Lipinski definition) is 1. The summed E-state index contributed by atoms with van der Waals surface area (Å²) in [4.78, 5) is 34.8. The Morgan fingerprint density at radius 3 is 2.61 bits per heavy atom. The minimum atomic E-state index is -0.960. The van der Waals surface area contributed by atoms with Gasteiger partial charge in [-0.3, -0.25) is 14.4 Å². The molecule has 5 heteroatoms. The zero-order valence-electron chi connectivity index (χ0n) is 17.0. The summed E-state index contributed by atoms with van der Waals surface area (Å²) in [6, 6.07) is 0. The zero-order valence-corrected chi connectivity index (χ0v) is 17.0. The van der Waals surface area contributed by atoms with E-state index in [4.69, 9.17) is 9.84 Å². The Hall–Kier alpha value is -1.65. The normalized spacial score (nSPS) is 42.1. The molecule has 0 amide bonds. The Bertz CT molecular complexity index is 725. The van der Waals surface area contributed by atoms with Gasteiger partial charge in [-0.15, -0.1) is 0 Å². The minimum Gasteiger partial charge on any atom is -0.481 e. The van der Waals surface area contributed by atoms with Crippen molar-refractivity contribution in [1.29, 1.82) is 0 Å². The third kappa shape index (κ3) is 3.11. The maximum absolute atomic E-state index is 12.1. The van der Waals surface area contributed by atoms with Gasteiger partial charge >= 0.3 is 11.9 Å². The molecule has 0 heterocycles. The van der Waals surface area contributed by atoms with Crippen LogP contribution in [0.25, 0.3) is 0 Å². The van der Waals surface area contributed by atoms with Crippen molar-refractivity contribution in [2.75, 3.05) is 0 Å². The van der Waals surface area contributed by atoms with Crippen LogP contribution in [0.2, 0.25) is 0 Å². The predicted octanol–water partition coefficient (Wildman–Crippen LogP) is 4.29. The summed E-state index contributed by atoms with van der Waals surface area (Å²) < 4.78 is 5.80. The van der Waals surface area contributed by atoms with Crippen molar-refractivity contribution in [2.45, 2.75) is 84.2 Å². The summed E-state index contributed by atoms with van der Waals surface area (Å²) in [5, 5.41) is 8.79. The van der Waals surface area contributed by atoms with Crippen LogP contribution in [-0.2, 0) is 19.1 Å². The van der Waals surface area contributed by atoms with Gasteiger partial charge in [-0.1, -0.05) is 19.4 Å². The quantitative estimate of drug-likeness (QED) is 0.727. The number of ketones is 1. The molecule has 4 aliphatic carbocycles. The van der Waals surface area contributed by atoms with Crippen molar-refractivity contribution in [3.05, 3.63) is 11.6 Å². The van der Waals surface area contributed by atoms with E-state index in [0.29, 0.717) is 30.0 Å². The number of esters is 1. The molecule has 6 atom stereocenters. The van der Waals surface area contributed by atoms with E-state index in [2.05, 4.69) is 13.8 Å². The molecule has 0 aromatic carbocycles. The largest absolute Gasteiger partial charge is 0.481 e. The molecule has 0 bridgehead atoms. The van der Waals surface area contributed by atoms with Crippen LogP contribution in [0, 0.1) is 28.6 Å². The van der Waals surface area contributed by atoms with Crippen molar-refractivity contribution in [1.82, 2.24) is 0 Å². The van der Waals surface area contributed by atoms with Crippen molar-refractivity contribution >= 4 is 17.7 Å². The molecule has 0 spiro atoms. The van der Waals surface area contributed by atoms with E-state index in [1.165, 1.54) is 5.57 Å². The van der Waals surface area contributed by atoms with Gasteiger partial charge in [0.2, 0.25) is 0 Å². The summed E-state index contributed by atoms with van der Waals surface area (Å²) in [5.41, 5.74) is 1.54. The van der Waals surface area contributed by atoms with E-state index in [-0.39, 0.29) is 35.7 Å². The summed E-state index contributed by atoms with van der Waals surface area (Å²) in [6.45, 7) is 4.66. The van der Waals surface area contributed by atoms with Gasteiger partial charge in [0, 0.05) is 11.8 Å². The molecule has 3 saturated carbocycles. The number of rotatable bonds is 4. The first-order valence-electron chi connectivity index (χ1n) is 10.9. The maximum Gasteiger partial charge on any atom is 0.306 e. The zero-order chi connectivity index (χ0) is 20.1. The van der Waals surface area contributed by atoms with Gasteiger partial charge in [0.15, 0.2) is 5.78 Å². The molecule has 0 aromatic heterocycles. The molecule has 1 N–H and O–H groups in total. The number of carboxylic acid groups (broad SMARTS) is 1. The van der Waals surface area contributed by atoms with Crippen LogP contribution < -0.4 is 0 Å². The van der Waals surface area contributed by atoms with Gasteiger partial charge in [0.05, 0.1) is 12.8 Å². The second-order valence-electron chi connectivity index (χ2n) is 9.96.